The predicted molar refractivity (Wildman–Crippen MR) is 58.8 cm³/mol. The number of carboxylic acids is 1. The monoisotopic (exact) mass is 211 g/mol. The molecule has 0 aromatic rings. The maximum Gasteiger partial charge on any atom is 0.303 e. The van der Waals surface area contributed by atoms with Crippen LogP contribution in [0.3, 0.4) is 0 Å². The van der Waals surface area contributed by atoms with Crippen LogP contribution < -0.4 is 0 Å². The Bertz CT molecular complexity index is 228. The predicted octanol–water partition coefficient (Wildman–Crippen LogP) is 2.12. The van der Waals surface area contributed by atoms with E-state index in [0.29, 0.717) is 6.42 Å². The zero-order valence-corrected chi connectivity index (χ0v) is 9.37. The zero-order valence-electron chi connectivity index (χ0n) is 9.37. The van der Waals surface area contributed by atoms with Gasteiger partial charge in [0.05, 0.1) is 6.42 Å². The van der Waals surface area contributed by atoms with Gasteiger partial charge in [-0.15, -0.1) is 0 Å². The van der Waals surface area contributed by atoms with Crippen molar-refractivity contribution in [1.29, 1.82) is 0 Å². The molecular weight excluding hydrogens is 190 g/mol. The number of carboxylic acid groups (broad SMARTS) is 1. The van der Waals surface area contributed by atoms with Gasteiger partial charge in [0.25, 0.3) is 0 Å². The highest BCUT2D eigenvalue weighted by atomic mass is 16.4. The summed E-state index contributed by atoms with van der Waals surface area (Å²) in [6.07, 6.45) is 7.91. The van der Waals surface area contributed by atoms with E-state index in [1.807, 2.05) is 0 Å². The minimum atomic E-state index is -0.623. The fraction of sp³-hybridized carbons (Fsp3) is 0.917. The maximum absolute atomic E-state index is 10.7. The smallest absolute Gasteiger partial charge is 0.303 e. The first-order valence-corrected chi connectivity index (χ1v) is 6.14. The van der Waals surface area contributed by atoms with E-state index in [4.69, 9.17) is 5.11 Å². The Kier molecular flexibility index (Phi) is 3.29. The standard InChI is InChI=1S/C12H21NO2/c14-11(15)9-12(5-6-12)10-13-7-3-1-2-4-8-13/h1-10H2,(H,14,15). The minimum Gasteiger partial charge on any atom is -0.481 e. The molecule has 1 saturated heterocycles. The Balaban J connectivity index is 1.81. The van der Waals surface area contributed by atoms with Crippen LogP contribution in [0, 0.1) is 5.41 Å². The topological polar surface area (TPSA) is 40.5 Å². The molecule has 3 nitrogen and oxygen atoms in total. The lowest BCUT2D eigenvalue weighted by molar-refractivity contribution is -0.138. The second-order valence-corrected chi connectivity index (χ2v) is 5.26. The van der Waals surface area contributed by atoms with E-state index in [1.165, 1.54) is 38.8 Å². The van der Waals surface area contributed by atoms with Gasteiger partial charge in [0.2, 0.25) is 0 Å². The highest BCUT2D eigenvalue weighted by Crippen LogP contribution is 2.49. The van der Waals surface area contributed by atoms with Gasteiger partial charge in [-0.05, 0) is 44.2 Å². The van der Waals surface area contributed by atoms with Crippen molar-refractivity contribution in [2.45, 2.75) is 44.9 Å². The van der Waals surface area contributed by atoms with Crippen molar-refractivity contribution in [3.63, 3.8) is 0 Å². The van der Waals surface area contributed by atoms with Gasteiger partial charge in [-0.3, -0.25) is 4.79 Å². The third-order valence-electron chi connectivity index (χ3n) is 3.74. The Morgan fingerprint density at radius 2 is 1.73 bits per heavy atom. The van der Waals surface area contributed by atoms with E-state index < -0.39 is 5.97 Å². The molecular formula is C12H21NO2. The first-order chi connectivity index (χ1) is 7.20. The number of nitrogens with zero attached hydrogens (tertiary/aromatic N) is 1. The summed E-state index contributed by atoms with van der Waals surface area (Å²) in [4.78, 5) is 13.2. The summed E-state index contributed by atoms with van der Waals surface area (Å²) < 4.78 is 0. The van der Waals surface area contributed by atoms with Crippen LogP contribution in [0.25, 0.3) is 0 Å². The van der Waals surface area contributed by atoms with E-state index in [9.17, 15) is 4.79 Å². The molecule has 0 amide bonds. The van der Waals surface area contributed by atoms with Crippen LogP contribution >= 0.6 is 0 Å². The Hall–Kier alpha value is -0.570. The van der Waals surface area contributed by atoms with Gasteiger partial charge in [-0.25, -0.2) is 0 Å². The van der Waals surface area contributed by atoms with Crippen LogP contribution in [0.5, 0.6) is 0 Å². The number of aliphatic carboxylic acids is 1. The summed E-state index contributed by atoms with van der Waals surface area (Å²) in [6, 6.07) is 0. The summed E-state index contributed by atoms with van der Waals surface area (Å²) in [7, 11) is 0. The van der Waals surface area contributed by atoms with Crippen molar-refractivity contribution in [2.75, 3.05) is 19.6 Å². The molecule has 0 unspecified atom stereocenters. The Morgan fingerprint density at radius 3 is 2.20 bits per heavy atom. The molecule has 2 rings (SSSR count). The van der Waals surface area contributed by atoms with Gasteiger partial charge in [0.15, 0.2) is 0 Å². The van der Waals surface area contributed by atoms with Crippen molar-refractivity contribution in [3.8, 4) is 0 Å². The Morgan fingerprint density at radius 1 is 1.13 bits per heavy atom. The molecule has 86 valence electrons. The van der Waals surface area contributed by atoms with Gasteiger partial charge in [0, 0.05) is 6.54 Å². The highest BCUT2D eigenvalue weighted by Gasteiger charge is 2.45. The number of likely N-dealkylation sites (tertiary alicyclic amines) is 1. The molecule has 0 aromatic carbocycles. The van der Waals surface area contributed by atoms with Gasteiger partial charge < -0.3 is 10.0 Å². The third-order valence-corrected chi connectivity index (χ3v) is 3.74. The first-order valence-electron chi connectivity index (χ1n) is 6.14. The summed E-state index contributed by atoms with van der Waals surface area (Å²) >= 11 is 0. The summed E-state index contributed by atoms with van der Waals surface area (Å²) in [5, 5.41) is 8.86. The van der Waals surface area contributed by atoms with Crippen LogP contribution in [0.4, 0.5) is 0 Å². The second-order valence-electron chi connectivity index (χ2n) is 5.26. The average molecular weight is 211 g/mol. The largest absolute Gasteiger partial charge is 0.481 e. The number of hydrogen-bond donors (Lipinski definition) is 1. The van der Waals surface area contributed by atoms with Crippen molar-refractivity contribution in [1.82, 2.24) is 4.90 Å². The van der Waals surface area contributed by atoms with Gasteiger partial charge in [-0.2, -0.15) is 0 Å². The molecule has 1 heterocycles. The lowest BCUT2D eigenvalue weighted by atomic mass is 10.0. The quantitative estimate of drug-likeness (QED) is 0.774. The summed E-state index contributed by atoms with van der Waals surface area (Å²) in [5.41, 5.74) is 0.149. The zero-order chi connectivity index (χ0) is 10.7. The molecule has 1 saturated carbocycles. The number of rotatable bonds is 4. The fourth-order valence-electron chi connectivity index (χ4n) is 2.66. The maximum atomic E-state index is 10.7. The molecule has 2 aliphatic rings. The van der Waals surface area contributed by atoms with E-state index in [1.54, 1.807) is 0 Å². The molecule has 2 fully saturated rings. The van der Waals surface area contributed by atoms with Crippen molar-refractivity contribution < 1.29 is 9.90 Å². The molecule has 0 spiro atoms. The molecule has 0 bridgehead atoms. The van der Waals surface area contributed by atoms with Gasteiger partial charge >= 0.3 is 5.97 Å². The molecule has 1 aliphatic carbocycles. The summed E-state index contributed by atoms with van der Waals surface area (Å²) in [6.45, 7) is 3.39. The van der Waals surface area contributed by atoms with Crippen LogP contribution in [0.2, 0.25) is 0 Å². The van der Waals surface area contributed by atoms with Crippen LogP contribution in [-0.2, 0) is 4.79 Å². The lowest BCUT2D eigenvalue weighted by Crippen LogP contribution is -2.32. The van der Waals surface area contributed by atoms with Gasteiger partial charge in [0.1, 0.15) is 0 Å². The van der Waals surface area contributed by atoms with E-state index in [2.05, 4.69) is 4.90 Å². The van der Waals surface area contributed by atoms with Crippen LogP contribution in [-0.4, -0.2) is 35.6 Å². The molecule has 0 radical (unpaired) electrons. The van der Waals surface area contributed by atoms with E-state index in [-0.39, 0.29) is 5.41 Å². The summed E-state index contributed by atoms with van der Waals surface area (Å²) in [5.74, 6) is -0.623. The molecule has 0 atom stereocenters. The van der Waals surface area contributed by atoms with Gasteiger partial charge in [-0.1, -0.05) is 12.8 Å². The molecule has 3 heteroatoms. The van der Waals surface area contributed by atoms with E-state index >= 15 is 0 Å². The van der Waals surface area contributed by atoms with Crippen LogP contribution in [0.1, 0.15) is 44.9 Å². The fourth-order valence-corrected chi connectivity index (χ4v) is 2.66. The molecule has 15 heavy (non-hydrogen) atoms. The van der Waals surface area contributed by atoms with E-state index in [0.717, 1.165) is 19.4 Å². The first kappa shape index (κ1) is 10.9. The minimum absolute atomic E-state index is 0.149. The normalized spacial score (nSPS) is 25.9. The number of carbonyl (C=O) groups is 1. The van der Waals surface area contributed by atoms with Crippen molar-refractivity contribution >= 4 is 5.97 Å². The highest BCUT2D eigenvalue weighted by molar-refractivity contribution is 5.68. The molecule has 1 aliphatic heterocycles. The molecule has 0 aromatic heterocycles. The second kappa shape index (κ2) is 4.52. The van der Waals surface area contributed by atoms with Crippen molar-refractivity contribution in [2.24, 2.45) is 5.41 Å². The third kappa shape index (κ3) is 3.20. The SMILES string of the molecule is O=C(O)CC1(CN2CCCCCC2)CC1. The average Bonchev–Trinajstić information content (AvgIpc) is 2.91. The molecule has 1 N–H and O–H groups in total. The lowest BCUT2D eigenvalue weighted by Gasteiger charge is -2.25. The Labute approximate surface area is 91.5 Å². The van der Waals surface area contributed by atoms with Crippen molar-refractivity contribution in [3.05, 3.63) is 0 Å². The van der Waals surface area contributed by atoms with Crippen LogP contribution in [0.15, 0.2) is 0 Å². The number of hydrogen-bond acceptors (Lipinski definition) is 2.